The summed E-state index contributed by atoms with van der Waals surface area (Å²) in [4.78, 5) is 0. The van der Waals surface area contributed by atoms with E-state index in [9.17, 15) is 0 Å². The van der Waals surface area contributed by atoms with Crippen molar-refractivity contribution < 1.29 is 18.9 Å². The fourth-order valence-corrected chi connectivity index (χ4v) is 4.72. The van der Waals surface area contributed by atoms with Gasteiger partial charge in [-0.1, -0.05) is 31.9 Å². The van der Waals surface area contributed by atoms with Gasteiger partial charge >= 0.3 is 0 Å². The van der Waals surface area contributed by atoms with E-state index in [1.54, 1.807) is 14.2 Å². The van der Waals surface area contributed by atoms with Gasteiger partial charge in [0.2, 0.25) is 6.79 Å². The van der Waals surface area contributed by atoms with E-state index < -0.39 is 0 Å². The molecular weight excluding hydrogens is 466 g/mol. The molecule has 2 aliphatic rings. The van der Waals surface area contributed by atoms with Crippen molar-refractivity contribution in [3.05, 3.63) is 43.8 Å². The molecule has 0 spiro atoms. The van der Waals surface area contributed by atoms with E-state index in [0.29, 0.717) is 5.75 Å². The molecule has 0 radical (unpaired) electrons. The molecule has 0 aliphatic carbocycles. The van der Waals surface area contributed by atoms with Crippen LogP contribution in [0.1, 0.15) is 22.7 Å². The van der Waals surface area contributed by atoms with Gasteiger partial charge in [-0.15, -0.1) is 0 Å². The van der Waals surface area contributed by atoms with Gasteiger partial charge in [0, 0.05) is 20.6 Å². The zero-order valence-corrected chi connectivity index (χ0v) is 17.7. The minimum Gasteiger partial charge on any atom is -0.493 e. The van der Waals surface area contributed by atoms with Gasteiger partial charge in [-0.05, 0) is 48.7 Å². The van der Waals surface area contributed by atoms with E-state index in [2.05, 4.69) is 37.2 Å². The second-order valence-electron chi connectivity index (χ2n) is 6.24. The van der Waals surface area contributed by atoms with E-state index in [1.165, 1.54) is 11.1 Å². The van der Waals surface area contributed by atoms with Crippen LogP contribution in [0.2, 0.25) is 0 Å². The van der Waals surface area contributed by atoms with Crippen LogP contribution in [0, 0.1) is 0 Å². The number of nitrogens with one attached hydrogen (secondary N) is 1. The minimum atomic E-state index is 0.126. The minimum absolute atomic E-state index is 0.126. The molecule has 4 rings (SSSR count). The monoisotopic (exact) mass is 483 g/mol. The van der Waals surface area contributed by atoms with Crippen LogP contribution in [-0.4, -0.2) is 27.6 Å². The molecule has 2 aromatic carbocycles. The van der Waals surface area contributed by atoms with E-state index in [4.69, 9.17) is 18.9 Å². The predicted octanol–water partition coefficient (Wildman–Crippen LogP) is 4.39. The van der Waals surface area contributed by atoms with Crippen LogP contribution in [0.15, 0.2) is 27.1 Å². The SMILES string of the molecule is COc1cc(Br)c(CC2NCCc3c(Br)cc4c(c32)OCO4)cc1OC. The molecule has 2 heterocycles. The van der Waals surface area contributed by atoms with Crippen molar-refractivity contribution in [3.8, 4) is 23.0 Å². The molecule has 7 heteroatoms. The van der Waals surface area contributed by atoms with E-state index in [-0.39, 0.29) is 12.8 Å². The van der Waals surface area contributed by atoms with Crippen molar-refractivity contribution >= 4 is 31.9 Å². The molecule has 26 heavy (non-hydrogen) atoms. The van der Waals surface area contributed by atoms with Gasteiger partial charge in [0.15, 0.2) is 23.0 Å². The Morgan fingerprint density at radius 3 is 2.62 bits per heavy atom. The van der Waals surface area contributed by atoms with Crippen molar-refractivity contribution in [1.82, 2.24) is 5.32 Å². The van der Waals surface area contributed by atoms with Crippen LogP contribution in [0.25, 0.3) is 0 Å². The molecule has 138 valence electrons. The Morgan fingerprint density at radius 1 is 1.08 bits per heavy atom. The Labute approximate surface area is 169 Å². The van der Waals surface area contributed by atoms with Crippen molar-refractivity contribution in [2.45, 2.75) is 18.9 Å². The highest BCUT2D eigenvalue weighted by Gasteiger charge is 2.31. The maximum Gasteiger partial charge on any atom is 0.231 e. The molecule has 2 aliphatic heterocycles. The standard InChI is InChI=1S/C19H19Br2NO4/c1-23-15-6-10(12(20)7-16(15)24-2)5-14-18-11(3-4-22-14)13(21)8-17-19(18)26-9-25-17/h6-8,14,22H,3-5,9H2,1-2H3. The maximum absolute atomic E-state index is 5.79. The van der Waals surface area contributed by atoms with Crippen LogP contribution in [0.5, 0.6) is 23.0 Å². The average molecular weight is 485 g/mol. The van der Waals surface area contributed by atoms with Crippen LogP contribution in [-0.2, 0) is 12.8 Å². The van der Waals surface area contributed by atoms with Crippen LogP contribution in [0.4, 0.5) is 0 Å². The van der Waals surface area contributed by atoms with E-state index in [1.807, 2.05) is 18.2 Å². The number of hydrogen-bond donors (Lipinski definition) is 1. The van der Waals surface area contributed by atoms with Gasteiger partial charge in [-0.3, -0.25) is 0 Å². The molecule has 0 bridgehead atoms. The fourth-order valence-electron chi connectivity index (χ4n) is 3.62. The van der Waals surface area contributed by atoms with E-state index >= 15 is 0 Å². The highest BCUT2D eigenvalue weighted by Crippen LogP contribution is 2.47. The number of ether oxygens (including phenoxy) is 4. The smallest absolute Gasteiger partial charge is 0.231 e. The molecule has 0 saturated heterocycles. The Balaban J connectivity index is 1.74. The van der Waals surface area contributed by atoms with E-state index in [0.717, 1.165) is 51.1 Å². The summed E-state index contributed by atoms with van der Waals surface area (Å²) in [7, 11) is 3.29. The number of fused-ring (bicyclic) bond motifs is 3. The first-order chi connectivity index (χ1) is 12.6. The number of halogens is 2. The molecular formula is C19H19Br2NO4. The largest absolute Gasteiger partial charge is 0.493 e. The molecule has 0 aromatic heterocycles. The first-order valence-corrected chi connectivity index (χ1v) is 9.95. The number of benzene rings is 2. The molecule has 2 aromatic rings. The summed E-state index contributed by atoms with van der Waals surface area (Å²) in [6, 6.07) is 6.11. The molecule has 1 N–H and O–H groups in total. The van der Waals surface area contributed by atoms with Crippen molar-refractivity contribution in [1.29, 1.82) is 0 Å². The molecule has 0 saturated carbocycles. The average Bonchev–Trinajstić information content (AvgIpc) is 3.11. The fraction of sp³-hybridized carbons (Fsp3) is 0.368. The third-order valence-electron chi connectivity index (χ3n) is 4.85. The lowest BCUT2D eigenvalue weighted by atomic mass is 9.89. The summed E-state index contributed by atoms with van der Waals surface area (Å²) < 4.78 is 24.3. The summed E-state index contributed by atoms with van der Waals surface area (Å²) in [6.45, 7) is 1.19. The molecule has 0 amide bonds. The topological polar surface area (TPSA) is 49.0 Å². The van der Waals surface area contributed by atoms with Gasteiger partial charge in [-0.25, -0.2) is 0 Å². The van der Waals surface area contributed by atoms with Crippen LogP contribution < -0.4 is 24.3 Å². The lowest BCUT2D eigenvalue weighted by Gasteiger charge is -2.29. The molecule has 1 atom stereocenters. The normalized spacial score (nSPS) is 17.8. The molecule has 0 fully saturated rings. The third kappa shape index (κ3) is 3.06. The lowest BCUT2D eigenvalue weighted by Crippen LogP contribution is -2.32. The summed E-state index contributed by atoms with van der Waals surface area (Å²) in [5.74, 6) is 3.09. The molecule has 5 nitrogen and oxygen atoms in total. The third-order valence-corrected chi connectivity index (χ3v) is 6.29. The quantitative estimate of drug-likeness (QED) is 0.697. The highest BCUT2D eigenvalue weighted by molar-refractivity contribution is 9.10. The molecule has 1 unspecified atom stereocenters. The van der Waals surface area contributed by atoms with Gasteiger partial charge in [0.05, 0.1) is 14.2 Å². The van der Waals surface area contributed by atoms with Crippen LogP contribution >= 0.6 is 31.9 Å². The predicted molar refractivity (Wildman–Crippen MR) is 106 cm³/mol. The Morgan fingerprint density at radius 2 is 1.85 bits per heavy atom. The van der Waals surface area contributed by atoms with Crippen molar-refractivity contribution in [2.24, 2.45) is 0 Å². The van der Waals surface area contributed by atoms with Crippen molar-refractivity contribution in [2.75, 3.05) is 27.6 Å². The van der Waals surface area contributed by atoms with Gasteiger partial charge in [-0.2, -0.15) is 0 Å². The Kier molecular flexibility index (Phi) is 5.03. The maximum atomic E-state index is 5.79. The van der Waals surface area contributed by atoms with Gasteiger partial charge in [0.25, 0.3) is 0 Å². The number of rotatable bonds is 4. The first-order valence-electron chi connectivity index (χ1n) is 8.37. The first kappa shape index (κ1) is 17.9. The second-order valence-corrected chi connectivity index (χ2v) is 7.95. The Hall–Kier alpha value is -1.44. The zero-order chi connectivity index (χ0) is 18.3. The summed E-state index contributed by atoms with van der Waals surface area (Å²) in [5.41, 5.74) is 3.61. The van der Waals surface area contributed by atoms with Gasteiger partial charge < -0.3 is 24.3 Å². The van der Waals surface area contributed by atoms with Gasteiger partial charge in [0.1, 0.15) is 0 Å². The summed E-state index contributed by atoms with van der Waals surface area (Å²) >= 11 is 7.36. The number of hydrogen-bond acceptors (Lipinski definition) is 5. The van der Waals surface area contributed by atoms with Crippen LogP contribution in [0.3, 0.4) is 0 Å². The highest BCUT2D eigenvalue weighted by atomic mass is 79.9. The second kappa shape index (κ2) is 7.29. The summed E-state index contributed by atoms with van der Waals surface area (Å²) in [6.07, 6.45) is 1.75. The van der Waals surface area contributed by atoms with Crippen molar-refractivity contribution in [3.63, 3.8) is 0 Å². The zero-order valence-electron chi connectivity index (χ0n) is 14.5. The summed E-state index contributed by atoms with van der Waals surface area (Å²) in [5, 5.41) is 3.62. The number of methoxy groups -OCH3 is 2. The Bertz CT molecular complexity index is 852. The lowest BCUT2D eigenvalue weighted by molar-refractivity contribution is 0.172.